The molecule has 0 saturated carbocycles. The van der Waals surface area contributed by atoms with Gasteiger partial charge in [-0.25, -0.2) is 9.59 Å². The molecule has 2 aromatic carbocycles. The number of rotatable bonds is 7. The van der Waals surface area contributed by atoms with Crippen molar-refractivity contribution in [3.63, 3.8) is 0 Å². The van der Waals surface area contributed by atoms with Crippen molar-refractivity contribution in [1.29, 1.82) is 0 Å². The molecular formula is C48H68Cl2F6N6O6. The van der Waals surface area contributed by atoms with Gasteiger partial charge < -0.3 is 38.5 Å². The van der Waals surface area contributed by atoms with Crippen molar-refractivity contribution in [1.82, 2.24) is 19.6 Å². The third-order valence-corrected chi connectivity index (χ3v) is 14.4. The van der Waals surface area contributed by atoms with E-state index in [9.17, 15) is 35.9 Å². The molecule has 20 heteroatoms. The van der Waals surface area contributed by atoms with E-state index in [2.05, 4.69) is 48.6 Å². The van der Waals surface area contributed by atoms with Crippen LogP contribution in [0, 0.1) is 0 Å². The van der Waals surface area contributed by atoms with Gasteiger partial charge in [-0.2, -0.15) is 26.3 Å². The van der Waals surface area contributed by atoms with Gasteiger partial charge in [0.25, 0.3) is 6.10 Å². The SMILES string of the molecule is C.CC(C)(C)OC(=O)N1CCC2(CCCN2Cc2cc(Cl)cc(N3CCOCC3)c2)CC1.O=C(OC(C(F)(F)F)C(F)(F)F)N1CCC2(CCCN2Cc2cc(Cl)cc(N3CCOCC3)c2)CC1. The summed E-state index contributed by atoms with van der Waals surface area (Å²) in [6.07, 6.45) is -10.4. The maximum Gasteiger partial charge on any atom is 0.434 e. The number of hydrogen-bond acceptors (Lipinski definition) is 10. The summed E-state index contributed by atoms with van der Waals surface area (Å²) in [7, 11) is 0. The Kier molecular flexibility index (Phi) is 17.7. The molecule has 6 saturated heterocycles. The number of halogens is 8. The van der Waals surface area contributed by atoms with Gasteiger partial charge in [0.2, 0.25) is 0 Å². The predicted octanol–water partition coefficient (Wildman–Crippen LogP) is 10.4. The Morgan fingerprint density at radius 2 is 0.971 bits per heavy atom. The number of carbonyl (C=O) groups is 2. The maximum atomic E-state index is 12.8. The average Bonchev–Trinajstić information content (AvgIpc) is 3.83. The highest BCUT2D eigenvalue weighted by Gasteiger charge is 2.60. The van der Waals surface area contributed by atoms with Crippen LogP contribution in [-0.4, -0.2) is 159 Å². The highest BCUT2D eigenvalue weighted by molar-refractivity contribution is 6.31. The van der Waals surface area contributed by atoms with E-state index < -0.39 is 30.2 Å². The molecule has 68 heavy (non-hydrogen) atoms. The number of ether oxygens (including phenoxy) is 4. The lowest BCUT2D eigenvalue weighted by Crippen LogP contribution is -2.54. The van der Waals surface area contributed by atoms with Crippen molar-refractivity contribution in [2.45, 2.75) is 128 Å². The zero-order chi connectivity index (χ0) is 48.2. The summed E-state index contributed by atoms with van der Waals surface area (Å²) in [5.41, 5.74) is 3.94. The molecule has 2 aromatic rings. The van der Waals surface area contributed by atoms with Crippen LogP contribution in [0.3, 0.4) is 0 Å². The summed E-state index contributed by atoms with van der Waals surface area (Å²) in [6, 6.07) is 12.4. The van der Waals surface area contributed by atoms with Gasteiger partial charge in [0.05, 0.1) is 26.4 Å². The Morgan fingerprint density at radius 1 is 0.588 bits per heavy atom. The largest absolute Gasteiger partial charge is 0.444 e. The normalized spacial score (nSPS) is 21.5. The van der Waals surface area contributed by atoms with Crippen LogP contribution >= 0.6 is 23.2 Å². The smallest absolute Gasteiger partial charge is 0.434 e. The lowest BCUT2D eigenvalue weighted by atomic mass is 9.85. The average molecular weight is 1010 g/mol. The van der Waals surface area contributed by atoms with Gasteiger partial charge in [0.1, 0.15) is 5.60 Å². The molecule has 382 valence electrons. The molecule has 0 unspecified atom stereocenters. The fourth-order valence-electron chi connectivity index (χ4n) is 10.5. The van der Waals surface area contributed by atoms with Crippen molar-refractivity contribution in [2.75, 3.05) is 102 Å². The molecule has 0 atom stereocenters. The van der Waals surface area contributed by atoms with E-state index in [4.69, 9.17) is 37.4 Å². The maximum absolute atomic E-state index is 12.8. The minimum absolute atomic E-state index is 0. The number of benzene rings is 2. The lowest BCUT2D eigenvalue weighted by molar-refractivity contribution is -0.308. The molecule has 6 heterocycles. The Balaban J connectivity index is 0.000000223. The highest BCUT2D eigenvalue weighted by atomic mass is 35.5. The van der Waals surface area contributed by atoms with E-state index in [1.54, 1.807) is 0 Å². The standard InChI is InChI=1S/C24H36ClN3O3.C23H28ClF6N3O3.CH4/c1-23(2,3)31-22(29)27-9-6-24(7-10-27)5-4-8-28(24)18-19-15-20(25)17-21(16-19)26-11-13-30-14-12-26;24-17-12-16(13-18(14-17)31-8-10-35-11-9-31)15-33-5-1-2-21(33)3-6-32(7-4-21)20(34)36-19(22(25,26)27)23(28,29)30;/h15-17H,4-14,18H2,1-3H3;12-14,19H,1-11,15H2;1H4. The molecule has 8 rings (SSSR count). The van der Waals surface area contributed by atoms with Crippen LogP contribution in [0.15, 0.2) is 36.4 Å². The number of piperidine rings is 2. The fourth-order valence-corrected chi connectivity index (χ4v) is 11.0. The van der Waals surface area contributed by atoms with Gasteiger partial charge >= 0.3 is 24.5 Å². The molecule has 0 aromatic heterocycles. The number of hydrogen-bond donors (Lipinski definition) is 0. The zero-order valence-corrected chi connectivity index (χ0v) is 40.2. The Labute approximate surface area is 407 Å². The van der Waals surface area contributed by atoms with Gasteiger partial charge in [-0.05, 0) is 133 Å². The summed E-state index contributed by atoms with van der Waals surface area (Å²) in [5.74, 6) is 0. The number of nitrogens with zero attached hydrogens (tertiary/aromatic N) is 6. The van der Waals surface area contributed by atoms with Crippen molar-refractivity contribution in [2.24, 2.45) is 0 Å². The first-order valence-electron chi connectivity index (χ1n) is 23.4. The second kappa shape index (κ2) is 22.3. The number of anilines is 2. The number of carbonyl (C=O) groups excluding carboxylic acids is 2. The highest BCUT2D eigenvalue weighted by Crippen LogP contribution is 2.43. The Hall–Kier alpha value is -3.42. The summed E-state index contributed by atoms with van der Waals surface area (Å²) in [6.45, 7) is 16.9. The first-order chi connectivity index (χ1) is 31.6. The van der Waals surface area contributed by atoms with Crippen LogP contribution in [0.2, 0.25) is 10.0 Å². The molecule has 2 amide bonds. The monoisotopic (exact) mass is 1010 g/mol. The van der Waals surface area contributed by atoms with Crippen molar-refractivity contribution >= 4 is 46.8 Å². The van der Waals surface area contributed by atoms with Crippen LogP contribution in [0.1, 0.15) is 90.7 Å². The summed E-state index contributed by atoms with van der Waals surface area (Å²) < 4.78 is 97.0. The number of likely N-dealkylation sites (tertiary alicyclic amines) is 4. The number of amides is 2. The number of morpholine rings is 2. The molecule has 6 aliphatic heterocycles. The van der Waals surface area contributed by atoms with Gasteiger partial charge in [0.15, 0.2) is 0 Å². The van der Waals surface area contributed by atoms with E-state index in [1.165, 1.54) is 24.1 Å². The molecule has 2 spiro atoms. The van der Waals surface area contributed by atoms with Crippen molar-refractivity contribution < 1.29 is 54.9 Å². The van der Waals surface area contributed by atoms with Gasteiger partial charge in [-0.15, -0.1) is 0 Å². The first kappa shape index (κ1) is 53.9. The molecule has 0 radical (unpaired) electrons. The summed E-state index contributed by atoms with van der Waals surface area (Å²) in [4.78, 5) is 36.9. The van der Waals surface area contributed by atoms with Gasteiger partial charge in [-0.1, -0.05) is 30.6 Å². The Morgan fingerprint density at radius 3 is 1.34 bits per heavy atom. The second-order valence-corrected chi connectivity index (χ2v) is 20.5. The van der Waals surface area contributed by atoms with Crippen LogP contribution < -0.4 is 9.80 Å². The molecule has 6 fully saturated rings. The molecule has 6 aliphatic rings. The Bertz CT molecular complexity index is 1980. The predicted molar refractivity (Wildman–Crippen MR) is 251 cm³/mol. The summed E-state index contributed by atoms with van der Waals surface area (Å²) in [5, 5.41) is 1.41. The van der Waals surface area contributed by atoms with Crippen LogP contribution in [0.5, 0.6) is 0 Å². The minimum Gasteiger partial charge on any atom is -0.444 e. The topological polar surface area (TPSA) is 90.5 Å². The number of alkyl halides is 6. The molecule has 0 N–H and O–H groups in total. The molecule has 0 bridgehead atoms. The van der Waals surface area contributed by atoms with E-state index >= 15 is 0 Å². The van der Waals surface area contributed by atoms with E-state index in [-0.39, 0.29) is 37.7 Å². The van der Waals surface area contributed by atoms with E-state index in [0.29, 0.717) is 37.6 Å². The third kappa shape index (κ3) is 13.7. The van der Waals surface area contributed by atoms with Crippen LogP contribution in [0.4, 0.5) is 47.3 Å². The lowest BCUT2D eigenvalue weighted by Gasteiger charge is -2.45. The second-order valence-electron chi connectivity index (χ2n) is 19.6. The van der Waals surface area contributed by atoms with E-state index in [1.807, 2.05) is 37.8 Å². The molecule has 12 nitrogen and oxygen atoms in total. The molecular weight excluding hydrogens is 941 g/mol. The van der Waals surface area contributed by atoms with Gasteiger partial charge in [-0.3, -0.25) is 9.80 Å². The summed E-state index contributed by atoms with van der Waals surface area (Å²) >= 11 is 12.9. The van der Waals surface area contributed by atoms with Crippen molar-refractivity contribution in [3.8, 4) is 0 Å². The first-order valence-corrected chi connectivity index (χ1v) is 24.2. The van der Waals surface area contributed by atoms with Crippen LogP contribution in [0.25, 0.3) is 0 Å². The van der Waals surface area contributed by atoms with Crippen LogP contribution in [-0.2, 0) is 32.0 Å². The third-order valence-electron chi connectivity index (χ3n) is 14.0. The minimum atomic E-state index is -5.73. The zero-order valence-electron chi connectivity index (χ0n) is 38.7. The molecule has 0 aliphatic carbocycles. The quantitative estimate of drug-likeness (QED) is 0.250. The van der Waals surface area contributed by atoms with Crippen molar-refractivity contribution in [3.05, 3.63) is 57.6 Å². The van der Waals surface area contributed by atoms with E-state index in [0.717, 1.165) is 119 Å². The fraction of sp³-hybridized carbons (Fsp3) is 0.708. The van der Waals surface area contributed by atoms with Gasteiger partial charge in [0, 0.05) is 97.9 Å².